The molecular weight excluding hydrogens is 300 g/mol. The van der Waals surface area contributed by atoms with Crippen LogP contribution in [0.2, 0.25) is 0 Å². The predicted octanol–water partition coefficient (Wildman–Crippen LogP) is 1.37. The Bertz CT molecular complexity index is 439. The van der Waals surface area contributed by atoms with Crippen LogP contribution in [0.25, 0.3) is 0 Å². The topological polar surface area (TPSA) is 49.9 Å². The highest BCUT2D eigenvalue weighted by Crippen LogP contribution is 2.41. The molecule has 3 saturated heterocycles. The average Bonchev–Trinajstić information content (AvgIpc) is 2.97. The summed E-state index contributed by atoms with van der Waals surface area (Å²) in [5.74, 6) is 0.999. The van der Waals surface area contributed by atoms with E-state index >= 15 is 0 Å². The molecule has 6 heteroatoms. The van der Waals surface area contributed by atoms with Gasteiger partial charge in [-0.3, -0.25) is 9.59 Å². The molecule has 3 aliphatic heterocycles. The van der Waals surface area contributed by atoms with Gasteiger partial charge in [0.15, 0.2) is 0 Å². The third-order valence-corrected chi connectivity index (χ3v) is 5.91. The molecule has 5 nitrogen and oxygen atoms in total. The van der Waals surface area contributed by atoms with Gasteiger partial charge >= 0.3 is 0 Å². The van der Waals surface area contributed by atoms with Crippen LogP contribution in [0.4, 0.5) is 0 Å². The van der Waals surface area contributed by atoms with E-state index in [0.29, 0.717) is 24.2 Å². The second-order valence-corrected chi connectivity index (χ2v) is 7.59. The molecule has 0 radical (unpaired) electrons. The van der Waals surface area contributed by atoms with Crippen LogP contribution in [0.3, 0.4) is 0 Å². The molecule has 3 rings (SSSR count). The highest BCUT2D eigenvalue weighted by molar-refractivity contribution is 7.99. The lowest BCUT2D eigenvalue weighted by Gasteiger charge is -2.44. The molecule has 0 aromatic heterocycles. The number of likely N-dealkylation sites (tertiary alicyclic amines) is 2. The van der Waals surface area contributed by atoms with Crippen LogP contribution in [-0.2, 0) is 14.3 Å². The Morgan fingerprint density at radius 3 is 2.82 bits per heavy atom. The van der Waals surface area contributed by atoms with Crippen LogP contribution >= 0.6 is 11.8 Å². The van der Waals surface area contributed by atoms with Gasteiger partial charge in [0.2, 0.25) is 11.8 Å². The number of hydrogen-bond donors (Lipinski definition) is 0. The Morgan fingerprint density at radius 2 is 2.09 bits per heavy atom. The van der Waals surface area contributed by atoms with Crippen LogP contribution in [0.15, 0.2) is 0 Å². The van der Waals surface area contributed by atoms with Gasteiger partial charge in [-0.05, 0) is 38.4 Å². The van der Waals surface area contributed by atoms with Gasteiger partial charge in [-0.15, -0.1) is 0 Å². The van der Waals surface area contributed by atoms with Crippen molar-refractivity contribution in [3.63, 3.8) is 0 Å². The molecule has 3 fully saturated rings. The van der Waals surface area contributed by atoms with Crippen molar-refractivity contribution in [1.29, 1.82) is 0 Å². The zero-order valence-electron chi connectivity index (χ0n) is 13.4. The molecule has 0 aliphatic carbocycles. The third-order valence-electron chi connectivity index (χ3n) is 5.37. The number of rotatable bonds is 3. The summed E-state index contributed by atoms with van der Waals surface area (Å²) < 4.78 is 5.42. The standard InChI is InChI=1S/C16H26N2O3S/c1-22-11-14(19)17-8-6-16(12-17)5-2-7-18(15(16)20)13-3-9-21-10-4-13/h13H,2-12H2,1H3/t16-/m0/s1. The van der Waals surface area contributed by atoms with Crippen LogP contribution < -0.4 is 0 Å². The molecule has 1 atom stereocenters. The Hall–Kier alpha value is -0.750. The Labute approximate surface area is 136 Å². The van der Waals surface area contributed by atoms with Gasteiger partial charge in [-0.25, -0.2) is 0 Å². The second-order valence-electron chi connectivity index (χ2n) is 6.72. The highest BCUT2D eigenvalue weighted by atomic mass is 32.2. The van der Waals surface area contributed by atoms with E-state index in [2.05, 4.69) is 4.90 Å². The molecule has 0 bridgehead atoms. The minimum absolute atomic E-state index is 0.181. The fraction of sp³-hybridized carbons (Fsp3) is 0.875. The predicted molar refractivity (Wildman–Crippen MR) is 86.8 cm³/mol. The lowest BCUT2D eigenvalue weighted by molar-refractivity contribution is -0.150. The zero-order chi connectivity index (χ0) is 15.6. The first kappa shape index (κ1) is 16.1. The molecule has 3 heterocycles. The van der Waals surface area contributed by atoms with Crippen LogP contribution in [0.1, 0.15) is 32.1 Å². The number of carbonyl (C=O) groups is 2. The third kappa shape index (κ3) is 3.00. The van der Waals surface area contributed by atoms with Crippen molar-refractivity contribution in [1.82, 2.24) is 9.80 Å². The van der Waals surface area contributed by atoms with E-state index in [9.17, 15) is 9.59 Å². The molecule has 2 amide bonds. The summed E-state index contributed by atoms with van der Waals surface area (Å²) in [6.07, 6.45) is 6.70. The first-order valence-corrected chi connectivity index (χ1v) is 9.71. The minimum Gasteiger partial charge on any atom is -0.381 e. The van der Waals surface area contributed by atoms with Crippen molar-refractivity contribution < 1.29 is 14.3 Å². The maximum atomic E-state index is 13.1. The number of nitrogens with zero attached hydrogens (tertiary/aromatic N) is 2. The fourth-order valence-electron chi connectivity index (χ4n) is 4.12. The van der Waals surface area contributed by atoms with Crippen LogP contribution in [0, 0.1) is 5.41 Å². The van der Waals surface area contributed by atoms with Crippen LogP contribution in [0.5, 0.6) is 0 Å². The first-order valence-electron chi connectivity index (χ1n) is 8.32. The van der Waals surface area contributed by atoms with E-state index in [0.717, 1.165) is 58.4 Å². The van der Waals surface area contributed by atoms with Crippen LogP contribution in [-0.4, -0.2) is 72.5 Å². The molecule has 0 aromatic carbocycles. The van der Waals surface area contributed by atoms with Crippen molar-refractivity contribution in [2.75, 3.05) is 44.9 Å². The number of piperidine rings is 1. The quantitative estimate of drug-likeness (QED) is 0.786. The van der Waals surface area contributed by atoms with Gasteiger partial charge in [0.25, 0.3) is 0 Å². The van der Waals surface area contributed by atoms with E-state index in [1.165, 1.54) is 0 Å². The molecule has 0 saturated carbocycles. The Kier molecular flexibility index (Phi) is 4.97. The summed E-state index contributed by atoms with van der Waals surface area (Å²) in [5.41, 5.74) is -0.301. The molecule has 124 valence electrons. The summed E-state index contributed by atoms with van der Waals surface area (Å²) in [5, 5.41) is 0. The van der Waals surface area contributed by atoms with Gasteiger partial charge < -0.3 is 14.5 Å². The molecule has 3 aliphatic rings. The van der Waals surface area contributed by atoms with Crippen molar-refractivity contribution in [2.24, 2.45) is 5.41 Å². The first-order chi connectivity index (χ1) is 10.7. The van der Waals surface area contributed by atoms with Gasteiger partial charge in [-0.2, -0.15) is 11.8 Å². The van der Waals surface area contributed by atoms with E-state index in [1.54, 1.807) is 11.8 Å². The normalized spacial score (nSPS) is 30.3. The molecule has 0 N–H and O–H groups in total. The van der Waals surface area contributed by atoms with Gasteiger partial charge in [-0.1, -0.05) is 0 Å². The molecule has 0 aromatic rings. The van der Waals surface area contributed by atoms with Crippen molar-refractivity contribution in [3.05, 3.63) is 0 Å². The molecular formula is C16H26N2O3S. The fourth-order valence-corrected chi connectivity index (χ4v) is 4.55. The van der Waals surface area contributed by atoms with Gasteiger partial charge in [0.05, 0.1) is 11.2 Å². The Morgan fingerprint density at radius 1 is 1.32 bits per heavy atom. The number of amides is 2. The SMILES string of the molecule is CSCC(=O)N1CC[C@@]2(CCCN(C3CCOCC3)C2=O)C1. The molecule has 1 spiro atoms. The molecule has 22 heavy (non-hydrogen) atoms. The lowest BCUT2D eigenvalue weighted by atomic mass is 9.77. The summed E-state index contributed by atoms with van der Waals surface area (Å²) in [4.78, 5) is 29.3. The summed E-state index contributed by atoms with van der Waals surface area (Å²) in [7, 11) is 0. The largest absolute Gasteiger partial charge is 0.381 e. The monoisotopic (exact) mass is 326 g/mol. The van der Waals surface area contributed by atoms with Crippen molar-refractivity contribution >= 4 is 23.6 Å². The number of ether oxygens (including phenoxy) is 1. The summed E-state index contributed by atoms with van der Waals surface area (Å²) >= 11 is 1.56. The van der Waals surface area contributed by atoms with Crippen molar-refractivity contribution in [3.8, 4) is 0 Å². The summed E-state index contributed by atoms with van der Waals surface area (Å²) in [6.45, 7) is 3.78. The Balaban J connectivity index is 1.68. The minimum atomic E-state index is -0.301. The smallest absolute Gasteiger partial charge is 0.232 e. The highest BCUT2D eigenvalue weighted by Gasteiger charge is 2.50. The lowest BCUT2D eigenvalue weighted by Crippen LogP contribution is -2.55. The zero-order valence-corrected chi connectivity index (χ0v) is 14.2. The van der Waals surface area contributed by atoms with Gasteiger partial charge in [0.1, 0.15) is 0 Å². The average molecular weight is 326 g/mol. The maximum Gasteiger partial charge on any atom is 0.232 e. The number of hydrogen-bond acceptors (Lipinski definition) is 4. The summed E-state index contributed by atoms with van der Waals surface area (Å²) in [6, 6.07) is 0.342. The van der Waals surface area contributed by atoms with E-state index in [-0.39, 0.29) is 11.3 Å². The second kappa shape index (κ2) is 6.79. The maximum absolute atomic E-state index is 13.1. The van der Waals surface area contributed by atoms with Crippen molar-refractivity contribution in [2.45, 2.75) is 38.1 Å². The van der Waals surface area contributed by atoms with E-state index < -0.39 is 0 Å². The van der Waals surface area contributed by atoms with E-state index in [4.69, 9.17) is 4.74 Å². The molecule has 0 unspecified atom stereocenters. The number of thioether (sulfide) groups is 1. The van der Waals surface area contributed by atoms with E-state index in [1.807, 2.05) is 11.2 Å². The van der Waals surface area contributed by atoms with Gasteiger partial charge in [0, 0.05) is 38.9 Å². The number of carbonyl (C=O) groups excluding carboxylic acids is 2.